The fraction of sp³-hybridized carbons (Fsp3) is 0.368. The Kier molecular flexibility index (Phi) is 4.99. The average Bonchev–Trinajstić information content (AvgIpc) is 2.63. The second kappa shape index (κ2) is 7.34. The normalized spacial score (nSPS) is 15.2. The fourth-order valence-corrected chi connectivity index (χ4v) is 3.16. The lowest BCUT2D eigenvalue weighted by Gasteiger charge is -2.34. The van der Waals surface area contributed by atoms with Gasteiger partial charge in [-0.05, 0) is 49.2 Å². The van der Waals surface area contributed by atoms with Crippen molar-refractivity contribution in [3.8, 4) is 17.2 Å². The largest absolute Gasteiger partial charge is 0.493 e. The van der Waals surface area contributed by atoms with Crippen LogP contribution in [-0.4, -0.2) is 33.4 Å². The van der Waals surface area contributed by atoms with Gasteiger partial charge >= 0.3 is 0 Å². The molecule has 1 radical (unpaired) electrons. The van der Waals surface area contributed by atoms with Gasteiger partial charge in [-0.15, -0.1) is 0 Å². The standard InChI is InChI=1S/C19H23N2O3/c1-23-18-5-3-4-17(19(18)24-2)20-14-10-12-21(13-11-14)15-6-8-16(22)9-7-15/h3-9,14,20H,10-13H2,1-2H3. The Bertz CT molecular complexity index is 665. The summed E-state index contributed by atoms with van der Waals surface area (Å²) in [6, 6.07) is 13.3. The van der Waals surface area contributed by atoms with Crippen molar-refractivity contribution in [2.24, 2.45) is 0 Å². The van der Waals surface area contributed by atoms with E-state index in [1.54, 1.807) is 26.4 Å². The SMILES string of the molecule is COc1cccc(NC2CCN(c3ccc([O])cc3)CC2)c1OC. The minimum Gasteiger partial charge on any atom is -0.493 e. The zero-order chi connectivity index (χ0) is 16.9. The number of ether oxygens (including phenoxy) is 2. The van der Waals surface area contributed by atoms with Crippen molar-refractivity contribution in [3.05, 3.63) is 42.5 Å². The van der Waals surface area contributed by atoms with Gasteiger partial charge in [0.05, 0.1) is 19.9 Å². The summed E-state index contributed by atoms with van der Waals surface area (Å²) in [6.45, 7) is 1.92. The zero-order valence-corrected chi connectivity index (χ0v) is 14.1. The molecular formula is C19H23N2O3. The van der Waals surface area contributed by atoms with Gasteiger partial charge in [0.25, 0.3) is 0 Å². The van der Waals surface area contributed by atoms with Gasteiger partial charge in [0.15, 0.2) is 17.2 Å². The molecular weight excluding hydrogens is 304 g/mol. The van der Waals surface area contributed by atoms with E-state index in [9.17, 15) is 5.11 Å². The van der Waals surface area contributed by atoms with Gasteiger partial charge in [0.2, 0.25) is 0 Å². The maximum atomic E-state index is 11.2. The lowest BCUT2D eigenvalue weighted by atomic mass is 10.0. The highest BCUT2D eigenvalue weighted by atomic mass is 16.5. The third-order valence-corrected chi connectivity index (χ3v) is 4.46. The van der Waals surface area contributed by atoms with Crippen LogP contribution in [0, 0.1) is 0 Å². The van der Waals surface area contributed by atoms with Gasteiger partial charge in [-0.3, -0.25) is 5.11 Å². The van der Waals surface area contributed by atoms with Crippen LogP contribution >= 0.6 is 0 Å². The van der Waals surface area contributed by atoms with Crippen molar-refractivity contribution < 1.29 is 14.6 Å². The molecule has 1 fully saturated rings. The lowest BCUT2D eigenvalue weighted by Crippen LogP contribution is -2.39. The number of piperidine rings is 1. The number of rotatable bonds is 5. The Morgan fingerprint density at radius 1 is 1.00 bits per heavy atom. The van der Waals surface area contributed by atoms with Crippen molar-refractivity contribution in [1.82, 2.24) is 0 Å². The van der Waals surface area contributed by atoms with E-state index in [-0.39, 0.29) is 5.75 Å². The van der Waals surface area contributed by atoms with Crippen LogP contribution in [0.4, 0.5) is 11.4 Å². The van der Waals surface area contributed by atoms with Crippen molar-refractivity contribution in [2.75, 3.05) is 37.5 Å². The van der Waals surface area contributed by atoms with Crippen LogP contribution in [0.1, 0.15) is 12.8 Å². The smallest absolute Gasteiger partial charge is 0.183 e. The maximum absolute atomic E-state index is 11.2. The minimum absolute atomic E-state index is 0.0559. The summed E-state index contributed by atoms with van der Waals surface area (Å²) in [5, 5.41) is 14.8. The molecule has 0 amide bonds. The van der Waals surface area contributed by atoms with Crippen molar-refractivity contribution >= 4 is 11.4 Å². The van der Waals surface area contributed by atoms with E-state index >= 15 is 0 Å². The molecule has 1 N–H and O–H groups in total. The summed E-state index contributed by atoms with van der Waals surface area (Å²) in [4.78, 5) is 2.32. The summed E-state index contributed by atoms with van der Waals surface area (Å²) >= 11 is 0. The Morgan fingerprint density at radius 2 is 1.71 bits per heavy atom. The van der Waals surface area contributed by atoms with E-state index < -0.39 is 0 Å². The minimum atomic E-state index is 0.0559. The second-order valence-corrected chi connectivity index (χ2v) is 5.94. The molecule has 2 aromatic carbocycles. The van der Waals surface area contributed by atoms with E-state index in [0.29, 0.717) is 6.04 Å². The van der Waals surface area contributed by atoms with Crippen molar-refractivity contribution in [1.29, 1.82) is 0 Å². The highest BCUT2D eigenvalue weighted by Crippen LogP contribution is 2.36. The number of nitrogens with one attached hydrogen (secondary N) is 1. The van der Waals surface area contributed by atoms with E-state index in [1.165, 1.54) is 0 Å². The number of nitrogens with zero attached hydrogens (tertiary/aromatic N) is 1. The molecule has 0 aliphatic carbocycles. The van der Waals surface area contributed by atoms with Gasteiger partial charge in [-0.2, -0.15) is 0 Å². The summed E-state index contributed by atoms with van der Waals surface area (Å²) < 4.78 is 10.8. The van der Waals surface area contributed by atoms with Gasteiger partial charge in [0, 0.05) is 24.8 Å². The zero-order valence-electron chi connectivity index (χ0n) is 14.1. The molecule has 5 heteroatoms. The summed E-state index contributed by atoms with van der Waals surface area (Å²) in [6.07, 6.45) is 2.05. The van der Waals surface area contributed by atoms with Crippen molar-refractivity contribution in [3.63, 3.8) is 0 Å². The maximum Gasteiger partial charge on any atom is 0.183 e. The molecule has 0 aromatic heterocycles. The topological polar surface area (TPSA) is 53.6 Å². The highest BCUT2D eigenvalue weighted by Gasteiger charge is 2.21. The summed E-state index contributed by atoms with van der Waals surface area (Å²) in [7, 11) is 3.30. The number of hydrogen-bond donors (Lipinski definition) is 1. The molecule has 0 bridgehead atoms. The number of benzene rings is 2. The van der Waals surface area contributed by atoms with E-state index in [1.807, 2.05) is 30.3 Å². The first kappa shape index (κ1) is 16.3. The van der Waals surface area contributed by atoms with Crippen LogP contribution in [0.2, 0.25) is 0 Å². The highest BCUT2D eigenvalue weighted by molar-refractivity contribution is 5.63. The summed E-state index contributed by atoms with van der Waals surface area (Å²) in [5.41, 5.74) is 2.08. The van der Waals surface area contributed by atoms with Crippen LogP contribution in [0.15, 0.2) is 42.5 Å². The Labute approximate surface area is 142 Å². The molecule has 1 heterocycles. The predicted octanol–water partition coefficient (Wildman–Crippen LogP) is 3.93. The van der Waals surface area contributed by atoms with Crippen LogP contribution in [0.3, 0.4) is 0 Å². The second-order valence-electron chi connectivity index (χ2n) is 5.94. The van der Waals surface area contributed by atoms with E-state index in [2.05, 4.69) is 10.2 Å². The van der Waals surface area contributed by atoms with Crippen LogP contribution in [-0.2, 0) is 5.11 Å². The number of anilines is 2. The Hall–Kier alpha value is -2.56. The number of para-hydroxylation sites is 1. The molecule has 127 valence electrons. The third-order valence-electron chi connectivity index (χ3n) is 4.46. The van der Waals surface area contributed by atoms with Crippen LogP contribution in [0.25, 0.3) is 0 Å². The molecule has 2 aromatic rings. The monoisotopic (exact) mass is 327 g/mol. The number of hydrogen-bond acceptors (Lipinski definition) is 4. The average molecular weight is 327 g/mol. The first-order valence-corrected chi connectivity index (χ1v) is 8.21. The molecule has 1 saturated heterocycles. The first-order chi connectivity index (χ1) is 11.7. The molecule has 5 nitrogen and oxygen atoms in total. The molecule has 1 aliphatic heterocycles. The van der Waals surface area contributed by atoms with Crippen LogP contribution < -0.4 is 19.7 Å². The van der Waals surface area contributed by atoms with E-state index in [4.69, 9.17) is 9.47 Å². The van der Waals surface area contributed by atoms with E-state index in [0.717, 1.165) is 48.8 Å². The molecule has 0 atom stereocenters. The molecule has 0 saturated carbocycles. The first-order valence-electron chi connectivity index (χ1n) is 8.21. The molecule has 0 spiro atoms. The Morgan fingerprint density at radius 3 is 2.33 bits per heavy atom. The van der Waals surface area contributed by atoms with Gasteiger partial charge in [-0.1, -0.05) is 6.07 Å². The van der Waals surface area contributed by atoms with Gasteiger partial charge in [-0.25, -0.2) is 0 Å². The van der Waals surface area contributed by atoms with Crippen molar-refractivity contribution in [2.45, 2.75) is 18.9 Å². The predicted molar refractivity (Wildman–Crippen MR) is 95.0 cm³/mol. The molecule has 3 rings (SSSR count). The molecule has 0 unspecified atom stereocenters. The Balaban J connectivity index is 1.62. The molecule has 24 heavy (non-hydrogen) atoms. The van der Waals surface area contributed by atoms with Crippen LogP contribution in [0.5, 0.6) is 17.2 Å². The summed E-state index contributed by atoms with van der Waals surface area (Å²) in [5.74, 6) is 1.53. The molecule has 1 aliphatic rings. The quantitative estimate of drug-likeness (QED) is 0.904. The van der Waals surface area contributed by atoms with Gasteiger partial charge in [0.1, 0.15) is 0 Å². The lowest BCUT2D eigenvalue weighted by molar-refractivity contribution is 0.355. The van der Waals surface area contributed by atoms with Gasteiger partial charge < -0.3 is 19.7 Å². The third kappa shape index (κ3) is 3.50. The fourth-order valence-electron chi connectivity index (χ4n) is 3.16. The number of methoxy groups -OCH3 is 2.